The van der Waals surface area contributed by atoms with Gasteiger partial charge >= 0.3 is 0 Å². The van der Waals surface area contributed by atoms with Crippen LogP contribution in [-0.2, 0) is 25.3 Å². The highest BCUT2D eigenvalue weighted by Crippen LogP contribution is 2.86. The number of benzene rings is 18. The maximum atomic E-state index is 15.5. The molecule has 1 aliphatic heterocycles. The van der Waals surface area contributed by atoms with Gasteiger partial charge in [0.05, 0.1) is 12.7 Å². The number of ether oxygens (including phenoxy) is 2. The molecule has 0 atom stereocenters. The van der Waals surface area contributed by atoms with Crippen molar-refractivity contribution in [3.05, 3.63) is 33.8 Å². The first-order valence-electron chi connectivity index (χ1n) is 25.0. The van der Waals surface area contributed by atoms with Crippen molar-refractivity contribution in [1.29, 1.82) is 0 Å². The van der Waals surface area contributed by atoms with Crippen LogP contribution in [0.15, 0.2) is 11.5 Å². The molecule has 0 radical (unpaired) electrons. The van der Waals surface area contributed by atoms with E-state index < -0.39 is 11.0 Å². The molecule has 0 saturated heterocycles. The van der Waals surface area contributed by atoms with E-state index in [0.717, 1.165) is 5.57 Å². The average molecular weight is 835 g/mol. The van der Waals surface area contributed by atoms with Crippen LogP contribution < -0.4 is 0 Å². The lowest BCUT2D eigenvalue weighted by Gasteiger charge is -2.48. The number of hydrogen-bond donors (Lipinski definition) is 0. The highest BCUT2D eigenvalue weighted by Gasteiger charge is 2.77. The summed E-state index contributed by atoms with van der Waals surface area (Å²) in [5.74, 6) is 0.531. The molecule has 4 aliphatic carbocycles. The smallest absolute Gasteiger partial charge is 0.288 e. The molecule has 0 fully saturated rings. The van der Waals surface area contributed by atoms with Crippen LogP contribution in [0.25, 0.3) is 291 Å². The lowest BCUT2D eigenvalue weighted by Crippen LogP contribution is -2.51. The summed E-state index contributed by atoms with van der Waals surface area (Å²) in [6.07, 6.45) is 0. The zero-order valence-corrected chi connectivity index (χ0v) is 34.7. The van der Waals surface area contributed by atoms with E-state index in [4.69, 9.17) is 9.47 Å². The zero-order valence-electron chi connectivity index (χ0n) is 34.7. The molecule has 0 amide bonds. The second kappa shape index (κ2) is 5.44. The summed E-state index contributed by atoms with van der Waals surface area (Å²) in [5.41, 5.74) is 4.39. The normalized spacial score (nSPS) is 22.8. The van der Waals surface area contributed by atoms with Gasteiger partial charge in [-0.15, -0.1) is 0 Å². The molecule has 68 heavy (non-hydrogen) atoms. The molecule has 0 saturated carbocycles. The maximum absolute atomic E-state index is 15.5. The molecule has 28 aromatic carbocycles. The lowest BCUT2D eigenvalue weighted by atomic mass is 9.52. The highest BCUT2D eigenvalue weighted by atomic mass is 16.7. The van der Waals surface area contributed by atoms with Gasteiger partial charge in [-0.25, -0.2) is 0 Å². The SMILES string of the molecule is COC1=C(C(C)=O)C23c4c5c6c7c8c9c(c%10c%11c2c2c4c4c%12c5c5c6c6c8c8c%13c9c9c%10c%10c%11c%11c2c2c4c4c%12c%12c5c5c6c8c6c8c%13c9c9c%10c%10c%11c2c2c4c4c%12c5c6c5c8c9c%10c2c45)C73O1. The first-order chi connectivity index (χ1) is 33.7. The van der Waals surface area contributed by atoms with Crippen LogP contribution in [0.3, 0.4) is 0 Å². The predicted octanol–water partition coefficient (Wildman–Crippen LogP) is 16.7. The summed E-state index contributed by atoms with van der Waals surface area (Å²) in [6, 6.07) is 0. The van der Waals surface area contributed by atoms with Gasteiger partial charge in [-0.1, -0.05) is 0 Å². The third kappa shape index (κ3) is 1.23. The second-order valence-corrected chi connectivity index (χ2v) is 24.7. The van der Waals surface area contributed by atoms with Crippen molar-refractivity contribution in [2.75, 3.05) is 7.11 Å². The molecule has 0 aromatic heterocycles. The molecule has 2 spiro atoms. The number of carbonyl (C=O) groups is 1. The molecule has 3 nitrogen and oxygen atoms in total. The Bertz CT molecular complexity index is 7060. The molecular formula is C65H6O3. The quantitative estimate of drug-likeness (QED) is 0.163. The van der Waals surface area contributed by atoms with Gasteiger partial charge in [0.2, 0.25) is 0 Å². The van der Waals surface area contributed by atoms with Gasteiger partial charge in [-0.05, 0) is 309 Å². The van der Waals surface area contributed by atoms with E-state index in [9.17, 15) is 0 Å². The van der Waals surface area contributed by atoms with Crippen LogP contribution in [0.2, 0.25) is 0 Å². The van der Waals surface area contributed by atoms with Crippen molar-refractivity contribution in [1.82, 2.24) is 0 Å². The van der Waals surface area contributed by atoms with Gasteiger partial charge in [0, 0.05) is 11.1 Å². The van der Waals surface area contributed by atoms with Crippen LogP contribution >= 0.6 is 0 Å². The van der Waals surface area contributed by atoms with E-state index in [2.05, 4.69) is 0 Å². The Morgan fingerprint density at radius 2 is 0.441 bits per heavy atom. The summed E-state index contributed by atoms with van der Waals surface area (Å²) in [7, 11) is 1.78. The first-order valence-corrected chi connectivity index (χ1v) is 25.0. The van der Waals surface area contributed by atoms with E-state index in [1.54, 1.807) is 179 Å². The number of Topliss-reactive ketones (excluding diaryl/α,β-unsaturated/α-hetero) is 1. The van der Waals surface area contributed by atoms with Crippen LogP contribution in [0, 0.1) is 0 Å². The third-order valence-electron chi connectivity index (χ3n) is 24.6. The van der Waals surface area contributed by atoms with Crippen molar-refractivity contribution in [3.8, 4) is 0 Å². The summed E-state index contributed by atoms with van der Waals surface area (Å²) in [4.78, 5) is 15.5. The molecule has 0 bridgehead atoms. The number of ketones is 1. The van der Waals surface area contributed by atoms with Crippen molar-refractivity contribution in [3.63, 3.8) is 0 Å². The lowest BCUT2D eigenvalue weighted by molar-refractivity contribution is -0.114. The number of rotatable bonds is 2. The second-order valence-electron chi connectivity index (χ2n) is 24.7. The Labute approximate surface area is 367 Å². The highest BCUT2D eigenvalue weighted by molar-refractivity contribution is 6.82. The Balaban J connectivity index is 1.24. The van der Waals surface area contributed by atoms with Crippen molar-refractivity contribution in [2.24, 2.45) is 0 Å². The molecule has 284 valence electrons. The summed E-state index contributed by atoms with van der Waals surface area (Å²) in [6.45, 7) is 1.84. The fraction of sp³-hybridized carbons (Fsp3) is 0.0615. The number of hydrogen-bond acceptors (Lipinski definition) is 3. The minimum absolute atomic E-state index is 0.0798. The predicted molar refractivity (Wildman–Crippen MR) is 280 cm³/mol. The first kappa shape index (κ1) is 24.8. The Kier molecular flexibility index (Phi) is 1.99. The van der Waals surface area contributed by atoms with Gasteiger partial charge < -0.3 is 9.47 Å². The van der Waals surface area contributed by atoms with Crippen molar-refractivity contribution >= 4 is 297 Å². The minimum atomic E-state index is -0.995. The monoisotopic (exact) mass is 834 g/mol. The van der Waals surface area contributed by atoms with Gasteiger partial charge in [0.1, 0.15) is 5.41 Å². The summed E-state index contributed by atoms with van der Waals surface area (Å²) < 4.78 is 14.9. The summed E-state index contributed by atoms with van der Waals surface area (Å²) >= 11 is 0. The molecule has 1 heterocycles. The van der Waals surface area contributed by atoms with Crippen molar-refractivity contribution in [2.45, 2.75) is 17.9 Å². The van der Waals surface area contributed by atoms with Crippen LogP contribution in [0.1, 0.15) is 29.2 Å². The van der Waals surface area contributed by atoms with E-state index in [0.29, 0.717) is 5.95 Å². The fourth-order valence-corrected chi connectivity index (χ4v) is 24.7. The van der Waals surface area contributed by atoms with E-state index >= 15 is 4.79 Å². The van der Waals surface area contributed by atoms with E-state index in [-0.39, 0.29) is 5.78 Å². The third-order valence-corrected chi connectivity index (χ3v) is 24.6. The van der Waals surface area contributed by atoms with Crippen molar-refractivity contribution < 1.29 is 14.3 Å². The molecule has 0 N–H and O–H groups in total. The molecule has 3 heteroatoms. The van der Waals surface area contributed by atoms with Gasteiger partial charge in [0.25, 0.3) is 5.95 Å². The Hall–Kier alpha value is -8.53. The fourth-order valence-electron chi connectivity index (χ4n) is 24.7. The topological polar surface area (TPSA) is 35.5 Å². The molecular weight excluding hydrogens is 829 g/mol. The zero-order chi connectivity index (χ0) is 40.6. The van der Waals surface area contributed by atoms with Gasteiger partial charge in [-0.2, -0.15) is 0 Å². The maximum Gasteiger partial charge on any atom is 0.288 e. The summed E-state index contributed by atoms with van der Waals surface area (Å²) in [5, 5.41) is 83.2. The molecule has 28 aromatic rings. The van der Waals surface area contributed by atoms with Crippen LogP contribution in [-0.4, -0.2) is 12.9 Å². The Morgan fingerprint density at radius 3 is 0.603 bits per heavy atom. The van der Waals surface area contributed by atoms with E-state index in [1.807, 2.05) is 6.92 Å². The minimum Gasteiger partial charge on any atom is -0.468 e. The van der Waals surface area contributed by atoms with E-state index in [1.165, 1.54) is 141 Å². The number of methoxy groups -OCH3 is 1. The van der Waals surface area contributed by atoms with Crippen LogP contribution in [0.4, 0.5) is 0 Å². The molecule has 33 rings (SSSR count). The largest absolute Gasteiger partial charge is 0.468 e. The van der Waals surface area contributed by atoms with Crippen LogP contribution in [0.5, 0.6) is 0 Å². The molecule has 0 unspecified atom stereocenters. The van der Waals surface area contributed by atoms with Gasteiger partial charge in [0.15, 0.2) is 11.4 Å². The average Bonchev–Trinajstić information content (AvgIpc) is 4.25. The van der Waals surface area contributed by atoms with Gasteiger partial charge in [-0.3, -0.25) is 4.79 Å². The number of carbonyl (C=O) groups excluding carboxylic acids is 1. The molecule has 5 aliphatic rings. The Morgan fingerprint density at radius 1 is 0.279 bits per heavy atom. The standard InChI is InChI=1S/C65H6O3/c1-3(66)58-63(67-2)68-65-61-54-48-38-26-18-10-6-4-5-8-12(10)20(26)30-24-16(8)17-9(5)13-11-7(4)15-14(6)22-28(18)36-42-32(22)33-23(15)29-19(11)27-21(13)31-25(17)35-34(24)46(40(30)48)56(61)57-47(35)41(31)49-39(27)45-37(29)43(33)51-50(42)59(52(54)44(36)38)64(58,65)60(51)53(45)55(49)62(57)65/h1-2H3.